The van der Waals surface area contributed by atoms with E-state index in [1.165, 1.54) is 23.1 Å². The van der Waals surface area contributed by atoms with Crippen molar-refractivity contribution in [3.8, 4) is 0 Å². The van der Waals surface area contributed by atoms with E-state index in [0.29, 0.717) is 6.42 Å². The van der Waals surface area contributed by atoms with E-state index in [4.69, 9.17) is 4.42 Å². The molecule has 0 aliphatic heterocycles. The Morgan fingerprint density at radius 3 is 2.79 bits per heavy atom. The summed E-state index contributed by atoms with van der Waals surface area (Å²) in [7, 11) is 0. The lowest BCUT2D eigenvalue weighted by Crippen LogP contribution is -2.15. The van der Waals surface area contributed by atoms with Gasteiger partial charge in [0.1, 0.15) is 5.58 Å². The minimum absolute atomic E-state index is 0.00750. The average molecular weight is 319 g/mol. The molecule has 0 fully saturated rings. The van der Waals surface area contributed by atoms with E-state index in [1.807, 2.05) is 19.1 Å². The van der Waals surface area contributed by atoms with Gasteiger partial charge >= 0.3 is 0 Å². The van der Waals surface area contributed by atoms with Gasteiger partial charge in [-0.1, -0.05) is 12.1 Å². The summed E-state index contributed by atoms with van der Waals surface area (Å²) >= 11 is 0. The summed E-state index contributed by atoms with van der Waals surface area (Å²) in [6.07, 6.45) is 5.53. The Balaban J connectivity index is 1.58. The summed E-state index contributed by atoms with van der Waals surface area (Å²) < 4.78 is 5.69. The molecule has 1 heterocycles. The second-order valence-electron chi connectivity index (χ2n) is 6.70. The van der Waals surface area contributed by atoms with Crippen molar-refractivity contribution >= 4 is 22.6 Å². The van der Waals surface area contributed by atoms with E-state index in [2.05, 4.69) is 30.4 Å². The number of fused-ring (bicyclic) bond motifs is 2. The number of carbonyl (C=O) groups is 1. The molecular weight excluding hydrogens is 298 g/mol. The number of hydrogen-bond donors (Lipinski definition) is 1. The van der Waals surface area contributed by atoms with Crippen molar-refractivity contribution in [2.24, 2.45) is 0 Å². The monoisotopic (exact) mass is 319 g/mol. The van der Waals surface area contributed by atoms with Crippen LogP contribution in [0.2, 0.25) is 0 Å². The molecular formula is C21H21NO2. The van der Waals surface area contributed by atoms with Crippen LogP contribution in [0.15, 0.2) is 41.0 Å². The van der Waals surface area contributed by atoms with Gasteiger partial charge in [-0.3, -0.25) is 4.79 Å². The fourth-order valence-corrected chi connectivity index (χ4v) is 3.54. The summed E-state index contributed by atoms with van der Waals surface area (Å²) in [6, 6.07) is 10.3. The number of aryl methyl sites for hydroxylation is 3. The molecule has 4 rings (SSSR count). The van der Waals surface area contributed by atoms with E-state index in [0.717, 1.165) is 40.6 Å². The largest absolute Gasteiger partial charge is 0.464 e. The van der Waals surface area contributed by atoms with Gasteiger partial charge in [0.2, 0.25) is 5.91 Å². The maximum Gasteiger partial charge on any atom is 0.228 e. The first-order chi connectivity index (χ1) is 11.6. The van der Waals surface area contributed by atoms with E-state index in [1.54, 1.807) is 6.26 Å². The summed E-state index contributed by atoms with van der Waals surface area (Å²) in [4.78, 5) is 12.5. The van der Waals surface area contributed by atoms with Gasteiger partial charge in [0.25, 0.3) is 0 Å². The zero-order chi connectivity index (χ0) is 16.7. The molecule has 0 saturated carbocycles. The van der Waals surface area contributed by atoms with Crippen LogP contribution < -0.4 is 5.32 Å². The number of benzene rings is 2. The summed E-state index contributed by atoms with van der Waals surface area (Å²) in [5.41, 5.74) is 7.82. The van der Waals surface area contributed by atoms with Crippen LogP contribution in [-0.2, 0) is 24.1 Å². The maximum absolute atomic E-state index is 12.5. The Morgan fingerprint density at radius 2 is 1.96 bits per heavy atom. The van der Waals surface area contributed by atoms with Crippen LogP contribution in [0.4, 0.5) is 5.69 Å². The summed E-state index contributed by atoms with van der Waals surface area (Å²) in [5, 5.41) is 4.10. The van der Waals surface area contributed by atoms with Crippen molar-refractivity contribution in [1.29, 1.82) is 0 Å². The Bertz CT molecular complexity index is 936. The second kappa shape index (κ2) is 5.82. The molecule has 1 aliphatic rings. The number of rotatable bonds is 3. The summed E-state index contributed by atoms with van der Waals surface area (Å²) in [5.74, 6) is -0.00750. The molecule has 2 aromatic carbocycles. The van der Waals surface area contributed by atoms with Gasteiger partial charge in [-0.25, -0.2) is 0 Å². The highest BCUT2D eigenvalue weighted by molar-refractivity contribution is 5.96. The van der Waals surface area contributed by atoms with E-state index >= 15 is 0 Å². The van der Waals surface area contributed by atoms with Crippen molar-refractivity contribution < 1.29 is 9.21 Å². The maximum atomic E-state index is 12.5. The van der Waals surface area contributed by atoms with Crippen molar-refractivity contribution in [3.63, 3.8) is 0 Å². The lowest BCUT2D eigenvalue weighted by Gasteiger charge is -2.10. The molecule has 0 saturated heterocycles. The Hall–Kier alpha value is -2.55. The van der Waals surface area contributed by atoms with Crippen LogP contribution in [0.25, 0.3) is 11.0 Å². The number of hydrogen-bond acceptors (Lipinski definition) is 2. The molecule has 1 N–H and O–H groups in total. The van der Waals surface area contributed by atoms with E-state index < -0.39 is 0 Å². The fraction of sp³-hybridized carbons (Fsp3) is 0.286. The molecule has 0 unspecified atom stereocenters. The molecule has 3 nitrogen and oxygen atoms in total. The molecule has 3 heteroatoms. The molecule has 24 heavy (non-hydrogen) atoms. The van der Waals surface area contributed by atoms with Crippen molar-refractivity contribution in [2.75, 3.05) is 5.32 Å². The standard InChI is InChI=1S/C21H21NO2/c1-13-5-3-8-19(14(13)2)22-21(23)11-17-12-24-20-10-16-7-4-6-15(16)9-18(17)20/h3,5,8-10,12H,4,6-7,11H2,1-2H3,(H,22,23). The number of amides is 1. The van der Waals surface area contributed by atoms with Crippen LogP contribution in [-0.4, -0.2) is 5.91 Å². The normalized spacial score (nSPS) is 13.2. The topological polar surface area (TPSA) is 42.2 Å². The number of nitrogens with one attached hydrogen (secondary N) is 1. The minimum atomic E-state index is -0.00750. The van der Waals surface area contributed by atoms with Gasteiger partial charge in [-0.05, 0) is 73.6 Å². The number of anilines is 1. The lowest BCUT2D eigenvalue weighted by atomic mass is 10.0. The highest BCUT2D eigenvalue weighted by atomic mass is 16.3. The Kier molecular flexibility index (Phi) is 3.64. The van der Waals surface area contributed by atoms with Gasteiger partial charge in [-0.15, -0.1) is 0 Å². The van der Waals surface area contributed by atoms with Gasteiger partial charge in [0.05, 0.1) is 12.7 Å². The first-order valence-corrected chi connectivity index (χ1v) is 8.50. The predicted molar refractivity (Wildman–Crippen MR) is 96.5 cm³/mol. The molecule has 1 aromatic heterocycles. The molecule has 1 amide bonds. The SMILES string of the molecule is Cc1cccc(NC(=O)Cc2coc3cc4c(cc23)CCC4)c1C. The van der Waals surface area contributed by atoms with Crippen molar-refractivity contribution in [3.05, 3.63) is 64.4 Å². The van der Waals surface area contributed by atoms with Gasteiger partial charge < -0.3 is 9.73 Å². The Labute approximate surface area is 141 Å². The van der Waals surface area contributed by atoms with E-state index in [9.17, 15) is 4.79 Å². The second-order valence-corrected chi connectivity index (χ2v) is 6.70. The van der Waals surface area contributed by atoms with Crippen LogP contribution in [0.3, 0.4) is 0 Å². The zero-order valence-electron chi connectivity index (χ0n) is 14.1. The quantitative estimate of drug-likeness (QED) is 0.759. The highest BCUT2D eigenvalue weighted by Gasteiger charge is 2.17. The molecule has 3 aromatic rings. The smallest absolute Gasteiger partial charge is 0.228 e. The predicted octanol–water partition coefficient (Wildman–Crippen LogP) is 4.72. The van der Waals surface area contributed by atoms with Gasteiger partial charge in [0.15, 0.2) is 0 Å². The van der Waals surface area contributed by atoms with Crippen molar-refractivity contribution in [2.45, 2.75) is 39.5 Å². The molecule has 0 spiro atoms. The fourth-order valence-electron chi connectivity index (χ4n) is 3.54. The van der Waals surface area contributed by atoms with Crippen molar-refractivity contribution in [1.82, 2.24) is 0 Å². The third-order valence-electron chi connectivity index (χ3n) is 5.10. The van der Waals surface area contributed by atoms with Crippen LogP contribution in [0, 0.1) is 13.8 Å². The molecule has 122 valence electrons. The lowest BCUT2D eigenvalue weighted by molar-refractivity contribution is -0.115. The van der Waals surface area contributed by atoms with Gasteiger partial charge in [0, 0.05) is 16.6 Å². The first kappa shape index (κ1) is 15.0. The third-order valence-corrected chi connectivity index (χ3v) is 5.10. The van der Waals surface area contributed by atoms with Crippen LogP contribution in [0.1, 0.15) is 34.2 Å². The average Bonchev–Trinajstić information content (AvgIpc) is 3.16. The zero-order valence-corrected chi connectivity index (χ0v) is 14.1. The summed E-state index contributed by atoms with van der Waals surface area (Å²) in [6.45, 7) is 4.08. The number of carbonyl (C=O) groups excluding carboxylic acids is 1. The Morgan fingerprint density at radius 1 is 1.17 bits per heavy atom. The van der Waals surface area contributed by atoms with Crippen LogP contribution >= 0.6 is 0 Å². The third kappa shape index (κ3) is 2.60. The minimum Gasteiger partial charge on any atom is -0.464 e. The molecule has 0 atom stereocenters. The van der Waals surface area contributed by atoms with E-state index in [-0.39, 0.29) is 5.91 Å². The van der Waals surface area contributed by atoms with Gasteiger partial charge in [-0.2, -0.15) is 0 Å². The highest BCUT2D eigenvalue weighted by Crippen LogP contribution is 2.30. The van der Waals surface area contributed by atoms with Crippen LogP contribution in [0.5, 0.6) is 0 Å². The number of furan rings is 1. The molecule has 0 bridgehead atoms. The molecule has 0 radical (unpaired) electrons. The molecule has 1 aliphatic carbocycles. The first-order valence-electron chi connectivity index (χ1n) is 8.50.